The standard InChI is InChI=1S/C7H14N6/c8-7-10-11-12-13(7)5-6-1-3-9-4-2-6/h6,9H,1-5H2,(H2,8,10,12). The Morgan fingerprint density at radius 2 is 2.23 bits per heavy atom. The van der Waals surface area contributed by atoms with E-state index in [-0.39, 0.29) is 0 Å². The van der Waals surface area contributed by atoms with Crippen molar-refractivity contribution in [2.24, 2.45) is 5.92 Å². The van der Waals surface area contributed by atoms with Crippen LogP contribution in [-0.2, 0) is 6.54 Å². The van der Waals surface area contributed by atoms with Gasteiger partial charge in [-0.2, -0.15) is 0 Å². The predicted molar refractivity (Wildman–Crippen MR) is 47.8 cm³/mol. The molecule has 13 heavy (non-hydrogen) atoms. The summed E-state index contributed by atoms with van der Waals surface area (Å²) in [6.07, 6.45) is 2.36. The molecule has 0 spiro atoms. The summed E-state index contributed by atoms with van der Waals surface area (Å²) in [5.41, 5.74) is 5.57. The van der Waals surface area contributed by atoms with Crippen molar-refractivity contribution in [2.75, 3.05) is 18.8 Å². The molecule has 1 saturated heterocycles. The maximum Gasteiger partial charge on any atom is 0.240 e. The van der Waals surface area contributed by atoms with Crippen LogP contribution in [0.15, 0.2) is 0 Å². The van der Waals surface area contributed by atoms with E-state index in [0.717, 1.165) is 19.6 Å². The first-order valence-corrected chi connectivity index (χ1v) is 4.58. The molecule has 1 aliphatic rings. The Balaban J connectivity index is 1.93. The average molecular weight is 182 g/mol. The zero-order valence-electron chi connectivity index (χ0n) is 7.48. The fourth-order valence-corrected chi connectivity index (χ4v) is 1.65. The molecule has 0 amide bonds. The van der Waals surface area contributed by atoms with E-state index < -0.39 is 0 Å². The molecular formula is C7H14N6. The minimum absolute atomic E-state index is 0.415. The lowest BCUT2D eigenvalue weighted by molar-refractivity contribution is 0.320. The number of nitrogens with zero attached hydrogens (tertiary/aromatic N) is 4. The Bertz CT molecular complexity index is 264. The minimum Gasteiger partial charge on any atom is -0.367 e. The Morgan fingerprint density at radius 1 is 1.46 bits per heavy atom. The molecule has 0 unspecified atom stereocenters. The molecule has 1 aromatic heterocycles. The normalized spacial score (nSPS) is 19.1. The number of tetrazole rings is 1. The van der Waals surface area contributed by atoms with Gasteiger partial charge in [-0.15, -0.1) is 0 Å². The molecule has 0 aliphatic carbocycles. The second-order valence-corrected chi connectivity index (χ2v) is 3.41. The number of anilines is 1. The number of nitrogens with two attached hydrogens (primary N) is 1. The summed E-state index contributed by atoms with van der Waals surface area (Å²) in [4.78, 5) is 0. The molecule has 2 rings (SSSR count). The first-order chi connectivity index (χ1) is 6.36. The average Bonchev–Trinajstić information content (AvgIpc) is 2.54. The lowest BCUT2D eigenvalue weighted by Gasteiger charge is -2.21. The Hall–Kier alpha value is -1.17. The summed E-state index contributed by atoms with van der Waals surface area (Å²) < 4.78 is 1.68. The van der Waals surface area contributed by atoms with Crippen LogP contribution in [0.4, 0.5) is 5.95 Å². The van der Waals surface area contributed by atoms with E-state index >= 15 is 0 Å². The molecule has 0 atom stereocenters. The molecular weight excluding hydrogens is 168 g/mol. The summed E-state index contributed by atoms with van der Waals surface area (Å²) in [6.45, 7) is 3.03. The molecule has 1 aliphatic heterocycles. The van der Waals surface area contributed by atoms with Crippen molar-refractivity contribution in [3.05, 3.63) is 0 Å². The third-order valence-electron chi connectivity index (χ3n) is 2.45. The predicted octanol–water partition coefficient (Wildman–Crippen LogP) is -0.745. The van der Waals surface area contributed by atoms with Crippen molar-refractivity contribution in [3.8, 4) is 0 Å². The van der Waals surface area contributed by atoms with Gasteiger partial charge in [0.25, 0.3) is 0 Å². The zero-order chi connectivity index (χ0) is 9.10. The van der Waals surface area contributed by atoms with Crippen LogP contribution in [0, 0.1) is 5.92 Å². The molecule has 3 N–H and O–H groups in total. The molecule has 0 aromatic carbocycles. The van der Waals surface area contributed by atoms with Gasteiger partial charge < -0.3 is 11.1 Å². The van der Waals surface area contributed by atoms with Crippen molar-refractivity contribution < 1.29 is 0 Å². The van der Waals surface area contributed by atoms with Gasteiger partial charge in [0.05, 0.1) is 0 Å². The molecule has 0 radical (unpaired) electrons. The monoisotopic (exact) mass is 182 g/mol. The van der Waals surface area contributed by atoms with Gasteiger partial charge in [-0.25, -0.2) is 4.68 Å². The molecule has 0 saturated carbocycles. The van der Waals surface area contributed by atoms with Crippen LogP contribution in [0.5, 0.6) is 0 Å². The van der Waals surface area contributed by atoms with E-state index in [9.17, 15) is 0 Å². The van der Waals surface area contributed by atoms with E-state index in [4.69, 9.17) is 5.73 Å². The molecule has 6 heteroatoms. The van der Waals surface area contributed by atoms with Crippen molar-refractivity contribution in [3.63, 3.8) is 0 Å². The van der Waals surface area contributed by atoms with Crippen molar-refractivity contribution >= 4 is 5.95 Å². The molecule has 1 fully saturated rings. The number of piperidine rings is 1. The zero-order valence-corrected chi connectivity index (χ0v) is 7.48. The van der Waals surface area contributed by atoms with Crippen LogP contribution in [0.2, 0.25) is 0 Å². The Kier molecular flexibility index (Phi) is 2.40. The number of rotatable bonds is 2. The summed E-state index contributed by atoms with van der Waals surface area (Å²) in [6, 6.07) is 0. The summed E-state index contributed by atoms with van der Waals surface area (Å²) in [7, 11) is 0. The molecule has 72 valence electrons. The second-order valence-electron chi connectivity index (χ2n) is 3.41. The highest BCUT2D eigenvalue weighted by molar-refractivity contribution is 5.09. The third-order valence-corrected chi connectivity index (χ3v) is 2.45. The van der Waals surface area contributed by atoms with Gasteiger partial charge >= 0.3 is 0 Å². The van der Waals surface area contributed by atoms with Gasteiger partial charge in [0.15, 0.2) is 0 Å². The minimum atomic E-state index is 0.415. The van der Waals surface area contributed by atoms with Crippen LogP contribution in [0.1, 0.15) is 12.8 Å². The summed E-state index contributed by atoms with van der Waals surface area (Å²) >= 11 is 0. The largest absolute Gasteiger partial charge is 0.367 e. The van der Waals surface area contributed by atoms with Gasteiger partial charge in [-0.05, 0) is 42.3 Å². The molecule has 0 bridgehead atoms. The van der Waals surface area contributed by atoms with Gasteiger partial charge in [-0.1, -0.05) is 5.10 Å². The third kappa shape index (κ3) is 1.95. The number of nitrogens with one attached hydrogen (secondary N) is 1. The van der Waals surface area contributed by atoms with Crippen LogP contribution >= 0.6 is 0 Å². The topological polar surface area (TPSA) is 81.7 Å². The van der Waals surface area contributed by atoms with Gasteiger partial charge in [0, 0.05) is 6.54 Å². The van der Waals surface area contributed by atoms with Gasteiger partial charge in [0.1, 0.15) is 0 Å². The summed E-state index contributed by atoms with van der Waals surface area (Å²) in [5, 5.41) is 14.3. The van der Waals surface area contributed by atoms with Crippen molar-refractivity contribution in [2.45, 2.75) is 19.4 Å². The summed E-state index contributed by atoms with van der Waals surface area (Å²) in [5.74, 6) is 1.07. The molecule has 6 nitrogen and oxygen atoms in total. The lowest BCUT2D eigenvalue weighted by Crippen LogP contribution is -2.30. The first-order valence-electron chi connectivity index (χ1n) is 4.58. The smallest absolute Gasteiger partial charge is 0.240 e. The molecule has 2 heterocycles. The second kappa shape index (κ2) is 3.69. The maximum atomic E-state index is 5.57. The fourth-order valence-electron chi connectivity index (χ4n) is 1.65. The number of hydrogen-bond acceptors (Lipinski definition) is 5. The van der Waals surface area contributed by atoms with Crippen molar-refractivity contribution in [1.29, 1.82) is 0 Å². The van der Waals surface area contributed by atoms with Crippen LogP contribution < -0.4 is 11.1 Å². The quantitative estimate of drug-likeness (QED) is 0.629. The van der Waals surface area contributed by atoms with Gasteiger partial charge in [0.2, 0.25) is 5.95 Å². The number of aromatic nitrogens is 4. The highest BCUT2D eigenvalue weighted by Gasteiger charge is 2.15. The lowest BCUT2D eigenvalue weighted by atomic mass is 9.98. The fraction of sp³-hybridized carbons (Fsp3) is 0.857. The van der Waals surface area contributed by atoms with Crippen LogP contribution in [0.25, 0.3) is 0 Å². The highest BCUT2D eigenvalue weighted by atomic mass is 15.6. The van der Waals surface area contributed by atoms with E-state index in [2.05, 4.69) is 20.8 Å². The van der Waals surface area contributed by atoms with Gasteiger partial charge in [-0.3, -0.25) is 0 Å². The SMILES string of the molecule is Nc1nnnn1CC1CCNCC1. The highest BCUT2D eigenvalue weighted by Crippen LogP contribution is 2.14. The van der Waals surface area contributed by atoms with E-state index in [1.54, 1.807) is 4.68 Å². The first kappa shape index (κ1) is 8.43. The van der Waals surface area contributed by atoms with E-state index in [1.807, 2.05) is 0 Å². The maximum absolute atomic E-state index is 5.57. The van der Waals surface area contributed by atoms with E-state index in [1.165, 1.54) is 12.8 Å². The van der Waals surface area contributed by atoms with E-state index in [0.29, 0.717) is 11.9 Å². The Labute approximate surface area is 76.5 Å². The number of hydrogen-bond donors (Lipinski definition) is 2. The van der Waals surface area contributed by atoms with Crippen molar-refractivity contribution in [1.82, 2.24) is 25.5 Å². The molecule has 1 aromatic rings. The Morgan fingerprint density at radius 3 is 2.85 bits per heavy atom. The number of nitrogen functional groups attached to an aromatic ring is 1. The van der Waals surface area contributed by atoms with Crippen LogP contribution in [0.3, 0.4) is 0 Å². The van der Waals surface area contributed by atoms with Crippen LogP contribution in [-0.4, -0.2) is 33.3 Å².